The first-order chi connectivity index (χ1) is 9.67. The van der Waals surface area contributed by atoms with Crippen molar-refractivity contribution in [2.45, 2.75) is 40.0 Å². The lowest BCUT2D eigenvalue weighted by Crippen LogP contribution is -2.51. The molecule has 0 saturated heterocycles. The Hall–Kier alpha value is -0.870. The van der Waals surface area contributed by atoms with Crippen LogP contribution in [0.3, 0.4) is 0 Å². The van der Waals surface area contributed by atoms with Crippen molar-refractivity contribution in [3.8, 4) is 0 Å². The minimum absolute atomic E-state index is 0.179. The number of ether oxygens (including phenoxy) is 1. The maximum atomic E-state index is 11.8. The summed E-state index contributed by atoms with van der Waals surface area (Å²) in [6.45, 7) is 11.6. The summed E-state index contributed by atoms with van der Waals surface area (Å²) >= 11 is 1.44. The van der Waals surface area contributed by atoms with E-state index in [0.717, 1.165) is 17.6 Å². The molecule has 0 spiro atoms. The highest BCUT2D eigenvalue weighted by Crippen LogP contribution is 2.13. The number of nitrogens with zero attached hydrogens (tertiary/aromatic N) is 1. The average molecular weight is 298 g/mol. The molecule has 0 bridgehead atoms. The van der Waals surface area contributed by atoms with Crippen LogP contribution in [0.25, 0.3) is 0 Å². The van der Waals surface area contributed by atoms with Crippen LogP contribution in [0, 0.1) is 0 Å². The summed E-state index contributed by atoms with van der Waals surface area (Å²) in [4.78, 5) is 12.5. The topological polar surface area (TPSA) is 26.3 Å². The fourth-order valence-electron chi connectivity index (χ4n) is 2.58. The molecule has 1 unspecified atom stereocenters. The number of esters is 1. The van der Waals surface area contributed by atoms with Gasteiger partial charge < -0.3 is 9.22 Å². The van der Waals surface area contributed by atoms with Crippen molar-refractivity contribution in [2.24, 2.45) is 0 Å². The third-order valence-corrected chi connectivity index (χ3v) is 4.73. The van der Waals surface area contributed by atoms with Crippen LogP contribution in [0.2, 0.25) is 0 Å². The van der Waals surface area contributed by atoms with Gasteiger partial charge in [-0.15, -0.1) is 11.3 Å². The molecule has 1 atom stereocenters. The zero-order chi connectivity index (χ0) is 14.8. The lowest BCUT2D eigenvalue weighted by Gasteiger charge is -2.37. The monoisotopic (exact) mass is 298 g/mol. The van der Waals surface area contributed by atoms with E-state index >= 15 is 0 Å². The van der Waals surface area contributed by atoms with Crippen LogP contribution in [-0.4, -0.2) is 43.2 Å². The first-order valence-corrected chi connectivity index (χ1v) is 8.61. The molecule has 0 aliphatic heterocycles. The normalized spacial score (nSPS) is 13.9. The van der Waals surface area contributed by atoms with Crippen molar-refractivity contribution < 1.29 is 14.0 Å². The molecule has 0 saturated carbocycles. The molecule has 20 heavy (non-hydrogen) atoms. The Morgan fingerprint density at radius 2 is 2.00 bits per heavy atom. The number of hydrogen-bond acceptors (Lipinski definition) is 3. The molecule has 0 amide bonds. The molecule has 1 aromatic rings. The van der Waals surface area contributed by atoms with E-state index in [1.165, 1.54) is 43.7 Å². The molecule has 3 nitrogen and oxygen atoms in total. The second-order valence-corrected chi connectivity index (χ2v) is 6.24. The average Bonchev–Trinajstić information content (AvgIpc) is 2.99. The van der Waals surface area contributed by atoms with E-state index in [1.807, 2.05) is 17.5 Å². The number of quaternary nitrogens is 1. The maximum Gasteiger partial charge on any atom is 0.348 e. The summed E-state index contributed by atoms with van der Waals surface area (Å²) in [6, 6.07) is 3.70. The van der Waals surface area contributed by atoms with Gasteiger partial charge in [-0.1, -0.05) is 26.3 Å². The van der Waals surface area contributed by atoms with E-state index in [0.29, 0.717) is 11.5 Å². The van der Waals surface area contributed by atoms with Gasteiger partial charge >= 0.3 is 5.97 Å². The zero-order valence-corrected chi connectivity index (χ0v) is 13.9. The number of likely N-dealkylation sites (N-methyl/N-ethyl adjacent to an activating group) is 1. The fraction of sp³-hybridized carbons (Fsp3) is 0.688. The van der Waals surface area contributed by atoms with Crippen LogP contribution in [0.5, 0.6) is 0 Å². The molecule has 1 rings (SSSR count). The highest BCUT2D eigenvalue weighted by Gasteiger charge is 2.24. The Morgan fingerprint density at radius 1 is 1.20 bits per heavy atom. The van der Waals surface area contributed by atoms with E-state index in [4.69, 9.17) is 4.74 Å². The highest BCUT2D eigenvalue weighted by atomic mass is 32.1. The number of hydrogen-bond donors (Lipinski definition) is 0. The van der Waals surface area contributed by atoms with E-state index in [1.54, 1.807) is 0 Å². The number of carbonyl (C=O) groups is 1. The lowest BCUT2D eigenvalue weighted by atomic mass is 10.2. The van der Waals surface area contributed by atoms with Gasteiger partial charge in [0.15, 0.2) is 0 Å². The van der Waals surface area contributed by atoms with Gasteiger partial charge in [-0.25, -0.2) is 4.79 Å². The molecule has 0 aromatic carbocycles. The van der Waals surface area contributed by atoms with E-state index in [-0.39, 0.29) is 5.97 Å². The van der Waals surface area contributed by atoms with Gasteiger partial charge in [0, 0.05) is 0 Å². The summed E-state index contributed by atoms with van der Waals surface area (Å²) in [5, 5.41) is 1.90. The summed E-state index contributed by atoms with van der Waals surface area (Å²) in [7, 11) is 0. The highest BCUT2D eigenvalue weighted by molar-refractivity contribution is 7.11. The molecular formula is C16H28NO2S+. The van der Waals surface area contributed by atoms with Gasteiger partial charge in [0.05, 0.1) is 19.6 Å². The standard InChI is InChI=1S/C16H28NO2S/c1-4-7-11-17(6-3,10-5-2)12-13-19-16(18)15-9-8-14-20-15/h8-9,14H,4-7,10-13H2,1-3H3/q+1. The summed E-state index contributed by atoms with van der Waals surface area (Å²) in [5.41, 5.74) is 0. The van der Waals surface area contributed by atoms with Crippen LogP contribution < -0.4 is 0 Å². The lowest BCUT2D eigenvalue weighted by molar-refractivity contribution is -0.926. The van der Waals surface area contributed by atoms with Crippen molar-refractivity contribution in [2.75, 3.05) is 32.8 Å². The minimum Gasteiger partial charge on any atom is -0.456 e. The molecule has 1 aromatic heterocycles. The maximum absolute atomic E-state index is 11.8. The number of rotatable bonds is 10. The Kier molecular flexibility index (Phi) is 7.85. The third kappa shape index (κ3) is 5.25. The van der Waals surface area contributed by atoms with Crippen LogP contribution in [0.15, 0.2) is 17.5 Å². The molecule has 1 heterocycles. The van der Waals surface area contributed by atoms with E-state index in [9.17, 15) is 4.79 Å². The van der Waals surface area contributed by atoms with E-state index < -0.39 is 0 Å². The molecule has 4 heteroatoms. The Bertz CT molecular complexity index is 378. The number of thiophene rings is 1. The van der Waals surface area contributed by atoms with E-state index in [2.05, 4.69) is 20.8 Å². The first-order valence-electron chi connectivity index (χ1n) is 7.73. The minimum atomic E-state index is -0.179. The predicted molar refractivity (Wildman–Crippen MR) is 85.2 cm³/mol. The number of carbonyl (C=O) groups excluding carboxylic acids is 1. The van der Waals surface area contributed by atoms with Gasteiger partial charge in [0.2, 0.25) is 0 Å². The van der Waals surface area contributed by atoms with Crippen molar-refractivity contribution in [3.05, 3.63) is 22.4 Å². The Balaban J connectivity index is 2.46. The van der Waals surface area contributed by atoms with Crippen LogP contribution >= 0.6 is 11.3 Å². The second kappa shape index (κ2) is 9.14. The third-order valence-electron chi connectivity index (χ3n) is 3.88. The molecular weight excluding hydrogens is 270 g/mol. The quantitative estimate of drug-likeness (QED) is 0.483. The summed E-state index contributed by atoms with van der Waals surface area (Å²) in [5.74, 6) is -0.179. The molecule has 0 fully saturated rings. The Morgan fingerprint density at radius 3 is 2.55 bits per heavy atom. The SMILES string of the molecule is CCCC[N+](CC)(CCC)CCOC(=O)c1cccs1. The van der Waals surface area contributed by atoms with Crippen molar-refractivity contribution >= 4 is 17.3 Å². The molecule has 0 N–H and O–H groups in total. The summed E-state index contributed by atoms with van der Waals surface area (Å²) < 4.78 is 6.50. The second-order valence-electron chi connectivity index (χ2n) is 5.30. The molecule has 0 aliphatic rings. The van der Waals surface area contributed by atoms with Gasteiger partial charge in [-0.3, -0.25) is 0 Å². The first kappa shape index (κ1) is 17.2. The predicted octanol–water partition coefficient (Wildman–Crippen LogP) is 3.95. The number of unbranched alkanes of at least 4 members (excludes halogenated alkanes) is 1. The van der Waals surface area contributed by atoms with Gasteiger partial charge in [-0.2, -0.15) is 0 Å². The molecule has 0 radical (unpaired) electrons. The largest absolute Gasteiger partial charge is 0.456 e. The summed E-state index contributed by atoms with van der Waals surface area (Å²) in [6.07, 6.45) is 3.64. The Labute approximate surface area is 127 Å². The van der Waals surface area contributed by atoms with Crippen LogP contribution in [0.1, 0.15) is 49.7 Å². The van der Waals surface area contributed by atoms with Crippen molar-refractivity contribution in [1.82, 2.24) is 0 Å². The van der Waals surface area contributed by atoms with Crippen molar-refractivity contribution in [1.29, 1.82) is 0 Å². The smallest absolute Gasteiger partial charge is 0.348 e. The van der Waals surface area contributed by atoms with Crippen LogP contribution in [0.4, 0.5) is 0 Å². The van der Waals surface area contributed by atoms with Gasteiger partial charge in [0.25, 0.3) is 0 Å². The molecule has 0 aliphatic carbocycles. The fourth-order valence-corrected chi connectivity index (χ4v) is 3.19. The van der Waals surface area contributed by atoms with Gasteiger partial charge in [0.1, 0.15) is 18.0 Å². The van der Waals surface area contributed by atoms with Gasteiger partial charge in [-0.05, 0) is 31.2 Å². The zero-order valence-electron chi connectivity index (χ0n) is 13.1. The molecule has 114 valence electrons. The van der Waals surface area contributed by atoms with Crippen molar-refractivity contribution in [3.63, 3.8) is 0 Å². The van der Waals surface area contributed by atoms with Crippen LogP contribution in [-0.2, 0) is 4.74 Å².